The van der Waals surface area contributed by atoms with E-state index in [9.17, 15) is 17.6 Å². The number of nitrogens with zero attached hydrogens (tertiary/aromatic N) is 2. The van der Waals surface area contributed by atoms with E-state index in [4.69, 9.17) is 21.1 Å². The Balaban J connectivity index is 1.62. The van der Waals surface area contributed by atoms with Gasteiger partial charge in [-0.05, 0) is 49.6 Å². The molecule has 0 radical (unpaired) electrons. The number of rotatable bonds is 2. The largest absolute Gasteiger partial charge is 0.425 e. The molecule has 7 nitrogen and oxygen atoms in total. The van der Waals surface area contributed by atoms with Gasteiger partial charge in [0.15, 0.2) is 0 Å². The molecule has 0 aliphatic carbocycles. The second-order valence-corrected chi connectivity index (χ2v) is 11.0. The Morgan fingerprint density at radius 2 is 1.88 bits per heavy atom. The predicted octanol–water partition coefficient (Wildman–Crippen LogP) is 3.83. The number of fused-ring (bicyclic) bond motifs is 2. The van der Waals surface area contributed by atoms with Gasteiger partial charge in [-0.3, -0.25) is 0 Å². The summed E-state index contributed by atoms with van der Waals surface area (Å²) in [6.45, 7) is 4.45. The third-order valence-corrected chi connectivity index (χ3v) is 8.86. The van der Waals surface area contributed by atoms with Crippen molar-refractivity contribution in [2.24, 2.45) is 0 Å². The fourth-order valence-electron chi connectivity index (χ4n) is 5.04. The summed E-state index contributed by atoms with van der Waals surface area (Å²) in [4.78, 5) is 15.2. The molecule has 5 rings (SSSR count). The number of sulfonamides is 1. The summed E-state index contributed by atoms with van der Waals surface area (Å²) >= 11 is 6.22. The molecule has 1 fully saturated rings. The van der Waals surface area contributed by atoms with Crippen LogP contribution in [0.5, 0.6) is 5.75 Å². The molecule has 3 heterocycles. The number of halogens is 2. The van der Waals surface area contributed by atoms with Crippen molar-refractivity contribution in [2.75, 3.05) is 24.8 Å². The number of carbonyl (C=O) groups is 1. The van der Waals surface area contributed by atoms with Crippen LogP contribution in [0.15, 0.2) is 35.2 Å². The van der Waals surface area contributed by atoms with Crippen molar-refractivity contribution in [3.63, 3.8) is 0 Å². The van der Waals surface area contributed by atoms with E-state index in [0.717, 1.165) is 4.31 Å². The molecule has 0 spiro atoms. The SMILES string of the molecule is Cc1ccc(F)c2c1OC(=O)[C@@H](N1CN(C3CCOCC3)c3cc(Cl)ccc3S1(=O)=O)[C@@H]2C. The Bertz CT molecular complexity index is 1230. The van der Waals surface area contributed by atoms with Crippen LogP contribution >= 0.6 is 11.6 Å². The molecule has 0 saturated carbocycles. The second kappa shape index (κ2) is 8.23. The molecule has 0 bridgehead atoms. The lowest BCUT2D eigenvalue weighted by atomic mass is 9.88. The Hall–Kier alpha value is -2.20. The smallest absolute Gasteiger partial charge is 0.330 e. The summed E-state index contributed by atoms with van der Waals surface area (Å²) in [5.74, 6) is -1.80. The standard InChI is InChI=1S/C23H24ClFN2O5S/c1-13-3-5-17(25)20-14(2)21(23(28)32-22(13)20)27-12-26(16-7-9-31-10-8-16)18-11-15(24)4-6-19(18)33(27,29)30/h3-6,11,14,16,21H,7-10,12H2,1-2H3/t14-,21+/m1/s1. The minimum absolute atomic E-state index is 0.00940. The summed E-state index contributed by atoms with van der Waals surface area (Å²) < 4.78 is 54.4. The number of esters is 1. The predicted molar refractivity (Wildman–Crippen MR) is 121 cm³/mol. The van der Waals surface area contributed by atoms with Gasteiger partial charge in [-0.1, -0.05) is 24.6 Å². The molecule has 2 atom stereocenters. The first-order chi connectivity index (χ1) is 15.7. The van der Waals surface area contributed by atoms with E-state index in [1.165, 1.54) is 18.2 Å². The van der Waals surface area contributed by atoms with Crippen molar-refractivity contribution in [3.8, 4) is 5.75 Å². The van der Waals surface area contributed by atoms with Gasteiger partial charge in [0.05, 0.1) is 12.4 Å². The maximum atomic E-state index is 14.8. The number of carbonyl (C=O) groups excluding carboxylic acids is 1. The van der Waals surface area contributed by atoms with Crippen LogP contribution in [0.25, 0.3) is 0 Å². The highest BCUT2D eigenvalue weighted by atomic mass is 35.5. The third kappa shape index (κ3) is 3.62. The van der Waals surface area contributed by atoms with Crippen molar-refractivity contribution < 1.29 is 27.1 Å². The molecule has 0 N–H and O–H groups in total. The minimum atomic E-state index is -4.08. The van der Waals surface area contributed by atoms with E-state index in [1.807, 2.05) is 4.90 Å². The average Bonchev–Trinajstić information content (AvgIpc) is 2.78. The molecule has 1 saturated heterocycles. The van der Waals surface area contributed by atoms with Crippen LogP contribution in [0.2, 0.25) is 5.02 Å². The van der Waals surface area contributed by atoms with Crippen LogP contribution in [-0.2, 0) is 19.6 Å². The lowest BCUT2D eigenvalue weighted by molar-refractivity contribution is -0.141. The maximum Gasteiger partial charge on any atom is 0.330 e. The molecular weight excluding hydrogens is 471 g/mol. The summed E-state index contributed by atoms with van der Waals surface area (Å²) in [6.07, 6.45) is 1.42. The minimum Gasteiger partial charge on any atom is -0.425 e. The Morgan fingerprint density at radius 1 is 1.15 bits per heavy atom. The normalized spacial score (nSPS) is 25.3. The second-order valence-electron chi connectivity index (χ2n) is 8.72. The van der Waals surface area contributed by atoms with Crippen molar-refractivity contribution in [3.05, 3.63) is 52.3 Å². The van der Waals surface area contributed by atoms with E-state index in [2.05, 4.69) is 0 Å². The number of anilines is 1. The Kier molecular flexibility index (Phi) is 5.63. The van der Waals surface area contributed by atoms with Gasteiger partial charge in [0.2, 0.25) is 10.0 Å². The molecule has 0 aromatic heterocycles. The first-order valence-electron chi connectivity index (χ1n) is 10.9. The summed E-state index contributed by atoms with van der Waals surface area (Å²) in [5.41, 5.74) is 1.34. The zero-order valence-corrected chi connectivity index (χ0v) is 19.8. The Labute approximate surface area is 197 Å². The van der Waals surface area contributed by atoms with Gasteiger partial charge in [-0.15, -0.1) is 0 Å². The lowest BCUT2D eigenvalue weighted by Crippen LogP contribution is -2.59. The number of hydrogen-bond donors (Lipinski definition) is 0. The first-order valence-corrected chi connectivity index (χ1v) is 12.7. The van der Waals surface area contributed by atoms with Gasteiger partial charge in [0.25, 0.3) is 0 Å². The van der Waals surface area contributed by atoms with Crippen molar-refractivity contribution in [1.82, 2.24) is 4.31 Å². The molecular formula is C23H24ClFN2O5S. The highest BCUT2D eigenvalue weighted by molar-refractivity contribution is 7.89. The zero-order valence-electron chi connectivity index (χ0n) is 18.3. The topological polar surface area (TPSA) is 76.2 Å². The molecule has 3 aliphatic heterocycles. The molecule has 0 amide bonds. The number of aryl methyl sites for hydroxylation is 1. The summed E-state index contributed by atoms with van der Waals surface area (Å²) in [5, 5.41) is 0.423. The van der Waals surface area contributed by atoms with Gasteiger partial charge in [-0.25, -0.2) is 17.6 Å². The van der Waals surface area contributed by atoms with Gasteiger partial charge >= 0.3 is 5.97 Å². The fourth-order valence-corrected chi connectivity index (χ4v) is 6.99. The highest BCUT2D eigenvalue weighted by Gasteiger charge is 2.50. The molecule has 2 aromatic rings. The summed E-state index contributed by atoms with van der Waals surface area (Å²) in [6, 6.07) is 6.28. The summed E-state index contributed by atoms with van der Waals surface area (Å²) in [7, 11) is -4.08. The van der Waals surface area contributed by atoms with Gasteiger partial charge in [0.1, 0.15) is 22.5 Å². The van der Waals surface area contributed by atoms with Crippen LogP contribution in [-0.4, -0.2) is 50.7 Å². The van der Waals surface area contributed by atoms with Gasteiger partial charge in [-0.2, -0.15) is 4.31 Å². The van der Waals surface area contributed by atoms with Crippen LogP contribution in [0.3, 0.4) is 0 Å². The quantitative estimate of drug-likeness (QED) is 0.466. The molecule has 176 valence electrons. The molecule has 33 heavy (non-hydrogen) atoms. The highest BCUT2D eigenvalue weighted by Crippen LogP contribution is 2.45. The lowest BCUT2D eigenvalue weighted by Gasteiger charge is -2.46. The number of hydrogen-bond acceptors (Lipinski definition) is 6. The van der Waals surface area contributed by atoms with E-state index in [0.29, 0.717) is 42.3 Å². The monoisotopic (exact) mass is 494 g/mol. The van der Waals surface area contributed by atoms with Crippen LogP contribution in [0.4, 0.5) is 10.1 Å². The maximum absolute atomic E-state index is 14.8. The molecule has 2 aromatic carbocycles. The van der Waals surface area contributed by atoms with Crippen LogP contribution < -0.4 is 9.64 Å². The molecule has 3 aliphatic rings. The van der Waals surface area contributed by atoms with Gasteiger partial charge in [0, 0.05) is 35.8 Å². The van der Waals surface area contributed by atoms with E-state index >= 15 is 0 Å². The fraction of sp³-hybridized carbons (Fsp3) is 0.435. The average molecular weight is 495 g/mol. The third-order valence-electron chi connectivity index (χ3n) is 6.76. The van der Waals surface area contributed by atoms with Crippen molar-refractivity contribution in [1.29, 1.82) is 0 Å². The first kappa shape index (κ1) is 22.6. The van der Waals surface area contributed by atoms with Crippen molar-refractivity contribution >= 4 is 33.3 Å². The van der Waals surface area contributed by atoms with Crippen LogP contribution in [0.1, 0.15) is 36.8 Å². The molecule has 0 unspecified atom stereocenters. The van der Waals surface area contributed by atoms with Gasteiger partial charge < -0.3 is 14.4 Å². The zero-order chi connectivity index (χ0) is 23.5. The van der Waals surface area contributed by atoms with Crippen molar-refractivity contribution in [2.45, 2.75) is 49.6 Å². The Morgan fingerprint density at radius 3 is 2.61 bits per heavy atom. The number of ether oxygens (including phenoxy) is 2. The number of benzene rings is 2. The van der Waals surface area contributed by atoms with Crippen LogP contribution in [0, 0.1) is 12.7 Å². The van der Waals surface area contributed by atoms with E-state index in [-0.39, 0.29) is 28.9 Å². The molecule has 10 heteroatoms. The van der Waals surface area contributed by atoms with E-state index in [1.54, 1.807) is 26.0 Å². The van der Waals surface area contributed by atoms with E-state index < -0.39 is 33.8 Å².